The molecule has 0 spiro atoms. The predicted molar refractivity (Wildman–Crippen MR) is 527 cm³/mol. The van der Waals surface area contributed by atoms with E-state index in [0.29, 0.717) is 0 Å². The first-order valence-corrected chi connectivity index (χ1v) is 47.8. The number of imidazole rings is 8. The van der Waals surface area contributed by atoms with E-state index in [-0.39, 0.29) is 0 Å². The van der Waals surface area contributed by atoms with E-state index in [9.17, 15) is 0 Å². The quantitative estimate of drug-likeness (QED) is 0.129. The van der Waals surface area contributed by atoms with Gasteiger partial charge < -0.3 is 4.74 Å². The highest BCUT2D eigenvalue weighted by atomic mass is 32.1. The van der Waals surface area contributed by atoms with Gasteiger partial charge in [0.05, 0.1) is 110 Å². The Morgan fingerprint density at radius 2 is 0.409 bits per heavy atom. The molecular formula is C101H59N17OS8. The Kier molecular flexibility index (Phi) is 17.3. The van der Waals surface area contributed by atoms with Gasteiger partial charge in [0.15, 0.2) is 39.7 Å². The summed E-state index contributed by atoms with van der Waals surface area (Å²) in [6.07, 6.45) is 12.5. The molecule has 0 aliphatic rings. The smallest absolute Gasteiger partial charge is 0.219 e. The molecule has 29 aromatic rings. The molecule has 0 unspecified atom stereocenters. The highest BCUT2D eigenvalue weighted by molar-refractivity contribution is 7.17. The highest BCUT2D eigenvalue weighted by Gasteiger charge is 2.21. The lowest BCUT2D eigenvalue weighted by molar-refractivity contribution is 0.442. The second kappa shape index (κ2) is 29.9. The third-order valence-corrected chi connectivity index (χ3v) is 29.4. The van der Waals surface area contributed by atoms with Crippen LogP contribution in [0.15, 0.2) is 353 Å². The van der Waals surface area contributed by atoms with Crippen molar-refractivity contribution in [1.29, 1.82) is 0 Å². The second-order valence-corrected chi connectivity index (χ2v) is 37.6. The van der Waals surface area contributed by atoms with Crippen molar-refractivity contribution in [3.05, 3.63) is 353 Å². The van der Waals surface area contributed by atoms with E-state index in [2.05, 4.69) is 351 Å². The van der Waals surface area contributed by atoms with Crippen LogP contribution >= 0.6 is 90.7 Å². The third-order valence-electron chi connectivity index (χ3n) is 23.3. The van der Waals surface area contributed by atoms with Crippen molar-refractivity contribution in [2.75, 3.05) is 0 Å². The van der Waals surface area contributed by atoms with Crippen LogP contribution in [0, 0.1) is 0 Å². The van der Waals surface area contributed by atoms with Crippen LogP contribution in [0.5, 0.6) is 11.8 Å². The number of pyridine rings is 1. The normalized spacial score (nSPS) is 11.9. The Labute approximate surface area is 751 Å². The van der Waals surface area contributed by atoms with E-state index in [1.54, 1.807) is 90.7 Å². The Balaban J connectivity index is 0.0000000907. The summed E-state index contributed by atoms with van der Waals surface area (Å²) < 4.78 is 23.3. The topological polar surface area (TPSA) is 161 Å². The molecule has 0 amide bonds. The van der Waals surface area contributed by atoms with Crippen molar-refractivity contribution in [2.45, 2.75) is 0 Å². The Morgan fingerprint density at radius 1 is 0.181 bits per heavy atom. The molecule has 0 radical (unpaired) electrons. The van der Waals surface area contributed by atoms with Crippen molar-refractivity contribution in [3.63, 3.8) is 0 Å². The highest BCUT2D eigenvalue weighted by Crippen LogP contribution is 2.41. The summed E-state index contributed by atoms with van der Waals surface area (Å²) in [6.45, 7) is 0. The lowest BCUT2D eigenvalue weighted by atomic mass is 9.96. The van der Waals surface area contributed by atoms with Crippen LogP contribution < -0.4 is 4.74 Å². The fourth-order valence-electron chi connectivity index (χ4n) is 17.2. The molecule has 0 N–H and O–H groups in total. The Morgan fingerprint density at radius 3 is 0.717 bits per heavy atom. The largest absolute Gasteiger partial charge is 0.422 e. The van der Waals surface area contributed by atoms with Gasteiger partial charge in [0.1, 0.15) is 0 Å². The lowest BCUT2D eigenvalue weighted by Crippen LogP contribution is -1.92. The molecule has 0 bridgehead atoms. The zero-order valence-corrected chi connectivity index (χ0v) is 72.9. The summed E-state index contributed by atoms with van der Waals surface area (Å²) in [6, 6.07) is 96.2. The van der Waals surface area contributed by atoms with Gasteiger partial charge in [-0.25, -0.2) is 44.9 Å². The number of hydrogen-bond acceptors (Lipinski definition) is 18. The number of hydrogen-bond donors (Lipinski definition) is 0. The molecule has 0 atom stereocenters. The Bertz CT molecular complexity index is 8550. The van der Waals surface area contributed by atoms with Crippen LogP contribution in [-0.4, -0.2) is 80.1 Å². The van der Waals surface area contributed by atoms with Crippen LogP contribution in [0.4, 0.5) is 0 Å². The van der Waals surface area contributed by atoms with Gasteiger partial charge in [0, 0.05) is 80.6 Å². The summed E-state index contributed by atoms with van der Waals surface area (Å²) >= 11 is 13.1. The minimum Gasteiger partial charge on any atom is -0.422 e. The van der Waals surface area contributed by atoms with Gasteiger partial charge in [0.25, 0.3) is 0 Å². The zero-order chi connectivity index (χ0) is 83.3. The van der Waals surface area contributed by atoms with Crippen molar-refractivity contribution < 1.29 is 4.74 Å². The van der Waals surface area contributed by atoms with Gasteiger partial charge in [-0.15, -0.1) is 90.7 Å². The first-order valence-electron chi connectivity index (χ1n) is 40.7. The zero-order valence-electron chi connectivity index (χ0n) is 66.3. The average Bonchev–Trinajstić information content (AvgIpc) is 1.58. The molecule has 29 rings (SSSR count). The van der Waals surface area contributed by atoms with Gasteiger partial charge in [-0.05, 0) is 200 Å². The predicted octanol–water partition coefficient (Wildman–Crippen LogP) is 28.2. The minimum atomic E-state index is 0.770. The molecule has 0 fully saturated rings. The van der Waals surface area contributed by atoms with Gasteiger partial charge in [0.2, 0.25) is 11.8 Å². The maximum absolute atomic E-state index is 6.28. The summed E-state index contributed by atoms with van der Waals surface area (Å²) in [5.74, 6) is 1.54. The SMILES string of the molecule is c1cc(-c2ccc3nc4sccn4c3c2)cc(-c2ccc3nc4sccn4c3c2)c1.c1cc(-c2ccc3nc4sccn4c3c2)cc(-c2cccc(-c3ccc4nc5sccn5c4c3)n2)c1.c1cc(-c2cccc(-c3ccc4nc5sccn5c4c3)c2)cc(-c2ccc3nc4sccn4c3c2)c1.c1ccc2c(c1)nc1scc(Oc3csc4nc5ccccc5n34)n12. The van der Waals surface area contributed by atoms with Gasteiger partial charge in [-0.2, -0.15) is 0 Å². The fraction of sp³-hybridized carbons (Fsp3) is 0. The summed E-state index contributed by atoms with van der Waals surface area (Å²) in [4.78, 5) is 50.6. The fourth-order valence-corrected chi connectivity index (χ4v) is 23.1. The first kappa shape index (κ1) is 73.6. The lowest BCUT2D eigenvalue weighted by Gasteiger charge is -2.09. The maximum Gasteiger partial charge on any atom is 0.219 e. The van der Waals surface area contributed by atoms with Crippen molar-refractivity contribution in [2.24, 2.45) is 0 Å². The standard InChI is InChI=1S/C30H18N4S2.C29H17N5S2.C24H14N4S2.C18H10N4OS2/c1-3-19(15-21(5-1)23-7-9-25-27(17-23)33-11-13-35-29(33)31-25)20-4-2-6-22(16-20)24-8-10-26-28(18-24)34-12-14-36-30(34)32-26;1-3-18(19-7-9-24-26(16-19)33-11-13-35-28(33)31-24)15-20(4-1)22-5-2-6-23(30-22)21-8-10-25-27(17-21)34-12-14-36-29(34)32-25;1-2-15(17-4-6-19-21(13-17)27-8-10-29-23(27)25-19)12-16(3-1)18-5-7-20-22(14-18)28-9-11-30-24(28)26-20;1-3-7-13-11(5-1)19-17-21(13)15(9-24-17)23-16-10-25-18-20-12-6-2-4-8-14(12)22(16)18/h1-18H;1-17H;1-14H;1-10H. The van der Waals surface area contributed by atoms with Crippen LogP contribution in [0.2, 0.25) is 0 Å². The van der Waals surface area contributed by atoms with Crippen molar-refractivity contribution >= 4 is 219 Å². The van der Waals surface area contributed by atoms with Crippen molar-refractivity contribution in [1.82, 2.24) is 80.1 Å². The molecule has 17 aromatic heterocycles. The van der Waals surface area contributed by atoms with E-state index < -0.39 is 0 Å². The first-order chi connectivity index (χ1) is 62.8. The molecule has 17 heterocycles. The van der Waals surface area contributed by atoms with Gasteiger partial charge >= 0.3 is 0 Å². The van der Waals surface area contributed by atoms with Crippen molar-refractivity contribution in [3.8, 4) is 101 Å². The summed E-state index contributed by atoms with van der Waals surface area (Å²) in [7, 11) is 0. The second-order valence-electron chi connectivity index (χ2n) is 30.6. The Hall–Kier alpha value is -15.0. The number of benzene rings is 12. The maximum atomic E-state index is 6.28. The molecule has 0 aliphatic carbocycles. The van der Waals surface area contributed by atoms with Crippen LogP contribution in [0.25, 0.3) is 217 Å². The number of nitrogens with zero attached hydrogens (tertiary/aromatic N) is 17. The van der Waals surface area contributed by atoms with Crippen LogP contribution in [-0.2, 0) is 0 Å². The molecule has 0 saturated carbocycles. The average molecular weight is 1780 g/mol. The number of fused-ring (bicyclic) bond motifs is 24. The molecule has 0 saturated heterocycles. The molecule has 0 aliphatic heterocycles. The third kappa shape index (κ3) is 12.8. The molecular weight excluding hydrogens is 1720 g/mol. The molecule has 18 nitrogen and oxygen atoms in total. The van der Waals surface area contributed by atoms with E-state index in [4.69, 9.17) is 39.6 Å². The van der Waals surface area contributed by atoms with E-state index in [1.165, 1.54) is 61.2 Å². The van der Waals surface area contributed by atoms with Gasteiger partial charge in [-0.3, -0.25) is 35.2 Å². The minimum absolute atomic E-state index is 0.770. The molecule has 127 heavy (non-hydrogen) atoms. The summed E-state index contributed by atoms with van der Waals surface area (Å²) in [5.41, 5.74) is 35.4. The van der Waals surface area contributed by atoms with Crippen LogP contribution in [0.1, 0.15) is 0 Å². The van der Waals surface area contributed by atoms with Gasteiger partial charge in [-0.1, -0.05) is 140 Å². The van der Waals surface area contributed by atoms with Crippen LogP contribution in [0.3, 0.4) is 0 Å². The summed E-state index contributed by atoms with van der Waals surface area (Å²) in [5, 5.41) is 16.4. The number of para-hydroxylation sites is 4. The number of rotatable bonds is 10. The monoisotopic (exact) mass is 1780 g/mol. The number of ether oxygens (including phenoxy) is 1. The molecule has 12 aromatic carbocycles. The number of aromatic nitrogens is 17. The molecule has 602 valence electrons. The number of thiazole rings is 8. The van der Waals surface area contributed by atoms with E-state index in [0.717, 1.165) is 168 Å². The van der Waals surface area contributed by atoms with E-state index >= 15 is 0 Å². The molecule has 26 heteroatoms. The van der Waals surface area contributed by atoms with E-state index in [1.807, 2.05) is 47.2 Å².